The summed E-state index contributed by atoms with van der Waals surface area (Å²) in [6.07, 6.45) is 1.38. The number of benzene rings is 1. The number of anilines is 2. The molecule has 122 valence electrons. The minimum absolute atomic E-state index is 0.540. The van der Waals surface area contributed by atoms with Crippen LogP contribution < -0.4 is 15.7 Å². The molecule has 1 aromatic rings. The van der Waals surface area contributed by atoms with E-state index in [9.17, 15) is 9.59 Å². The number of nitrogens with zero attached hydrogens (tertiary/aromatic N) is 1. The van der Waals surface area contributed by atoms with Gasteiger partial charge in [0.05, 0.1) is 0 Å². The van der Waals surface area contributed by atoms with Gasteiger partial charge >= 0.3 is 6.09 Å². The van der Waals surface area contributed by atoms with E-state index in [0.717, 1.165) is 31.6 Å². The number of hydrogen-bond donors (Lipinski definition) is 3. The fourth-order valence-corrected chi connectivity index (χ4v) is 1.98. The van der Waals surface area contributed by atoms with Crippen LogP contribution in [0, 0.1) is 0 Å². The summed E-state index contributed by atoms with van der Waals surface area (Å²) in [6.45, 7) is 5.70. The van der Waals surface area contributed by atoms with Gasteiger partial charge in [0.25, 0.3) is 5.91 Å². The van der Waals surface area contributed by atoms with Gasteiger partial charge in [-0.05, 0) is 37.1 Å². The summed E-state index contributed by atoms with van der Waals surface area (Å²) in [6, 6.07) is 7.42. The molecule has 0 aliphatic heterocycles. The van der Waals surface area contributed by atoms with Crippen molar-refractivity contribution >= 4 is 23.4 Å². The van der Waals surface area contributed by atoms with Gasteiger partial charge in [-0.25, -0.2) is 10.3 Å². The lowest BCUT2D eigenvalue weighted by molar-refractivity contribution is -0.132. The zero-order valence-electron chi connectivity index (χ0n) is 13.0. The molecule has 0 spiro atoms. The first-order valence-electron chi connectivity index (χ1n) is 7.32. The van der Waals surface area contributed by atoms with Gasteiger partial charge in [0, 0.05) is 24.5 Å². The highest BCUT2D eigenvalue weighted by Crippen LogP contribution is 2.18. The Bertz CT molecular complexity index is 470. The molecule has 0 atom stereocenters. The van der Waals surface area contributed by atoms with Crippen molar-refractivity contribution in [3.63, 3.8) is 0 Å². The van der Waals surface area contributed by atoms with Crippen LogP contribution in [0.15, 0.2) is 24.3 Å². The summed E-state index contributed by atoms with van der Waals surface area (Å²) in [5, 5.41) is 10.8. The molecular weight excluding hydrogens is 286 g/mol. The molecule has 22 heavy (non-hydrogen) atoms. The Morgan fingerprint density at radius 1 is 1.14 bits per heavy atom. The Labute approximate surface area is 130 Å². The van der Waals surface area contributed by atoms with E-state index in [1.54, 1.807) is 12.1 Å². The number of carbonyl (C=O) groups excluding carboxylic acids is 2. The molecule has 1 aromatic carbocycles. The number of amides is 2. The third kappa shape index (κ3) is 6.01. The van der Waals surface area contributed by atoms with Gasteiger partial charge in [-0.1, -0.05) is 13.8 Å². The summed E-state index contributed by atoms with van der Waals surface area (Å²) in [5.74, 6) is -0.791. The molecule has 2 amide bonds. The van der Waals surface area contributed by atoms with E-state index in [1.165, 1.54) is 5.48 Å². The maximum atomic E-state index is 11.5. The van der Waals surface area contributed by atoms with E-state index in [4.69, 9.17) is 5.21 Å². The van der Waals surface area contributed by atoms with Crippen LogP contribution in [-0.4, -0.2) is 36.9 Å². The number of ether oxygens (including phenoxy) is 1. The molecule has 0 saturated heterocycles. The minimum atomic E-state index is -0.791. The topological polar surface area (TPSA) is 90.9 Å². The van der Waals surface area contributed by atoms with Crippen LogP contribution in [0.5, 0.6) is 0 Å². The fraction of sp³-hybridized carbons (Fsp3) is 0.467. The third-order valence-electron chi connectivity index (χ3n) is 2.92. The molecule has 0 heterocycles. The van der Waals surface area contributed by atoms with Crippen molar-refractivity contribution in [3.8, 4) is 0 Å². The predicted octanol–water partition coefficient (Wildman–Crippen LogP) is 2.37. The molecule has 0 saturated carbocycles. The molecule has 3 N–H and O–H groups in total. The number of nitrogens with one attached hydrogen (secondary N) is 2. The maximum Gasteiger partial charge on any atom is 0.412 e. The Hall–Kier alpha value is -2.28. The number of hydrogen-bond acceptors (Lipinski definition) is 5. The lowest BCUT2D eigenvalue weighted by atomic mass is 10.2. The van der Waals surface area contributed by atoms with Crippen LogP contribution in [0.25, 0.3) is 0 Å². The second-order valence-corrected chi connectivity index (χ2v) is 4.77. The highest BCUT2D eigenvalue weighted by Gasteiger charge is 2.08. The number of carbonyl (C=O) groups is 2. The Balaban J connectivity index is 2.56. The van der Waals surface area contributed by atoms with Gasteiger partial charge in [0.2, 0.25) is 0 Å². The summed E-state index contributed by atoms with van der Waals surface area (Å²) in [4.78, 5) is 24.5. The van der Waals surface area contributed by atoms with Gasteiger partial charge < -0.3 is 9.64 Å². The van der Waals surface area contributed by atoms with Crippen LogP contribution >= 0.6 is 0 Å². The first-order valence-corrected chi connectivity index (χ1v) is 7.32. The average Bonchev–Trinajstić information content (AvgIpc) is 2.53. The molecule has 0 radical (unpaired) electrons. The Kier molecular flexibility index (Phi) is 7.77. The molecular formula is C15H23N3O4. The lowest BCUT2D eigenvalue weighted by Gasteiger charge is -2.23. The smallest absolute Gasteiger partial charge is 0.412 e. The van der Waals surface area contributed by atoms with Crippen molar-refractivity contribution in [2.75, 3.05) is 29.9 Å². The molecule has 1 rings (SSSR count). The third-order valence-corrected chi connectivity index (χ3v) is 2.92. The zero-order chi connectivity index (χ0) is 16.4. The predicted molar refractivity (Wildman–Crippen MR) is 84.1 cm³/mol. The normalized spacial score (nSPS) is 9.95. The largest absolute Gasteiger partial charge is 0.439 e. The molecule has 0 bridgehead atoms. The van der Waals surface area contributed by atoms with E-state index >= 15 is 0 Å². The molecule has 0 aliphatic carbocycles. The van der Waals surface area contributed by atoms with Crippen molar-refractivity contribution in [3.05, 3.63) is 24.3 Å². The van der Waals surface area contributed by atoms with E-state index in [-0.39, 0.29) is 0 Å². The molecule has 0 aromatic heterocycles. The summed E-state index contributed by atoms with van der Waals surface area (Å²) in [7, 11) is 0. The standard InChI is InChI=1S/C15H23N3O4/c1-3-9-18(10-4-2)13-7-5-12(6-8-13)16-15(20)22-11-14(19)17-21/h5-8,21H,3-4,9-11H2,1-2H3,(H,16,20)(H,17,19). The van der Waals surface area contributed by atoms with Crippen LogP contribution in [0.1, 0.15) is 26.7 Å². The van der Waals surface area contributed by atoms with Crippen LogP contribution in [0.3, 0.4) is 0 Å². The van der Waals surface area contributed by atoms with Crippen molar-refractivity contribution in [2.24, 2.45) is 0 Å². The molecule has 0 aliphatic rings. The quantitative estimate of drug-likeness (QED) is 0.506. The number of rotatable bonds is 8. The molecule has 0 fully saturated rings. The first kappa shape index (κ1) is 17.8. The summed E-state index contributed by atoms with van der Waals surface area (Å²) >= 11 is 0. The second-order valence-electron chi connectivity index (χ2n) is 4.77. The van der Waals surface area contributed by atoms with Crippen LogP contribution in [-0.2, 0) is 9.53 Å². The van der Waals surface area contributed by atoms with Gasteiger partial charge in [-0.15, -0.1) is 0 Å². The lowest BCUT2D eigenvalue weighted by Crippen LogP contribution is -2.27. The Morgan fingerprint density at radius 3 is 2.23 bits per heavy atom. The van der Waals surface area contributed by atoms with Gasteiger partial charge in [0.1, 0.15) is 0 Å². The van der Waals surface area contributed by atoms with E-state index in [1.807, 2.05) is 12.1 Å². The first-order chi connectivity index (χ1) is 10.6. The van der Waals surface area contributed by atoms with Crippen molar-refractivity contribution < 1.29 is 19.5 Å². The average molecular weight is 309 g/mol. The van der Waals surface area contributed by atoms with Crippen LogP contribution in [0.2, 0.25) is 0 Å². The summed E-state index contributed by atoms with van der Waals surface area (Å²) in [5.41, 5.74) is 3.05. The fourth-order valence-electron chi connectivity index (χ4n) is 1.98. The Morgan fingerprint density at radius 2 is 1.73 bits per heavy atom. The highest BCUT2D eigenvalue weighted by atomic mass is 16.6. The van der Waals surface area contributed by atoms with Crippen molar-refractivity contribution in [1.82, 2.24) is 5.48 Å². The minimum Gasteiger partial charge on any atom is -0.439 e. The van der Waals surface area contributed by atoms with E-state index in [0.29, 0.717) is 5.69 Å². The second kappa shape index (κ2) is 9.62. The van der Waals surface area contributed by atoms with Crippen molar-refractivity contribution in [1.29, 1.82) is 0 Å². The molecule has 7 nitrogen and oxygen atoms in total. The highest BCUT2D eigenvalue weighted by molar-refractivity contribution is 5.87. The monoisotopic (exact) mass is 309 g/mol. The molecule has 7 heteroatoms. The van der Waals surface area contributed by atoms with E-state index < -0.39 is 18.6 Å². The van der Waals surface area contributed by atoms with Gasteiger partial charge in [-0.3, -0.25) is 15.3 Å². The van der Waals surface area contributed by atoms with Gasteiger partial charge in [-0.2, -0.15) is 0 Å². The van der Waals surface area contributed by atoms with Crippen molar-refractivity contribution in [2.45, 2.75) is 26.7 Å². The zero-order valence-corrected chi connectivity index (χ0v) is 13.0. The van der Waals surface area contributed by atoms with E-state index in [2.05, 4.69) is 28.8 Å². The summed E-state index contributed by atoms with van der Waals surface area (Å²) < 4.78 is 4.62. The number of hydroxylamine groups is 1. The van der Waals surface area contributed by atoms with Gasteiger partial charge in [0.15, 0.2) is 6.61 Å². The van der Waals surface area contributed by atoms with Crippen LogP contribution in [0.4, 0.5) is 16.2 Å². The SMILES string of the molecule is CCCN(CCC)c1ccc(NC(=O)OCC(=O)NO)cc1. The molecule has 0 unspecified atom stereocenters. The maximum absolute atomic E-state index is 11.5.